The maximum absolute atomic E-state index is 11.4. The lowest BCUT2D eigenvalue weighted by Crippen LogP contribution is -2.24. The van der Waals surface area contributed by atoms with Crippen molar-refractivity contribution in [3.8, 4) is 5.75 Å². The van der Waals surface area contributed by atoms with Gasteiger partial charge in [0, 0.05) is 17.2 Å². The molecule has 0 aliphatic carbocycles. The van der Waals surface area contributed by atoms with Crippen molar-refractivity contribution in [2.45, 2.75) is 18.2 Å². The zero-order chi connectivity index (χ0) is 13.8. The molecule has 0 aliphatic rings. The number of carbonyl (C=O) groups is 1. The van der Waals surface area contributed by atoms with Gasteiger partial charge in [-0.15, -0.1) is 0 Å². The summed E-state index contributed by atoms with van der Waals surface area (Å²) < 4.78 is 27.6. The standard InChI is InChI=1S/C11H14ClNO4S/c1-3-13-11(14)7-8-4-5-9(17-2)10(6-8)18(12,15)16/h4-6H,3,7H2,1-2H3,(H,13,14). The van der Waals surface area contributed by atoms with Crippen molar-refractivity contribution in [1.82, 2.24) is 5.32 Å². The summed E-state index contributed by atoms with van der Waals surface area (Å²) in [7, 11) is 2.75. The van der Waals surface area contributed by atoms with Crippen molar-refractivity contribution >= 4 is 25.6 Å². The molecule has 0 fully saturated rings. The molecule has 0 saturated carbocycles. The van der Waals surface area contributed by atoms with E-state index in [0.717, 1.165) is 0 Å². The van der Waals surface area contributed by atoms with Crippen molar-refractivity contribution in [3.63, 3.8) is 0 Å². The molecule has 0 aromatic heterocycles. The minimum absolute atomic E-state index is 0.0945. The Kier molecular flexibility index (Phi) is 4.98. The third kappa shape index (κ3) is 3.89. The van der Waals surface area contributed by atoms with Crippen LogP contribution in [0, 0.1) is 0 Å². The van der Waals surface area contributed by atoms with Gasteiger partial charge in [0.2, 0.25) is 5.91 Å². The molecule has 0 heterocycles. The van der Waals surface area contributed by atoms with Gasteiger partial charge in [-0.1, -0.05) is 6.07 Å². The highest BCUT2D eigenvalue weighted by Gasteiger charge is 2.17. The first-order valence-corrected chi connectivity index (χ1v) is 7.57. The monoisotopic (exact) mass is 291 g/mol. The fraction of sp³-hybridized carbons (Fsp3) is 0.364. The van der Waals surface area contributed by atoms with Gasteiger partial charge in [0.1, 0.15) is 10.6 Å². The Morgan fingerprint density at radius 2 is 2.11 bits per heavy atom. The van der Waals surface area contributed by atoms with Gasteiger partial charge >= 0.3 is 0 Å². The molecule has 1 rings (SSSR count). The topological polar surface area (TPSA) is 72.5 Å². The largest absolute Gasteiger partial charge is 0.495 e. The number of hydrogen-bond donors (Lipinski definition) is 1. The van der Waals surface area contributed by atoms with Crippen molar-refractivity contribution < 1.29 is 17.9 Å². The second-order valence-electron chi connectivity index (χ2n) is 3.55. The average Bonchev–Trinajstić information content (AvgIpc) is 2.28. The van der Waals surface area contributed by atoms with Gasteiger partial charge in [-0.2, -0.15) is 0 Å². The first kappa shape index (κ1) is 14.8. The predicted octanol–water partition coefficient (Wildman–Crippen LogP) is 1.30. The van der Waals surface area contributed by atoms with Crippen molar-refractivity contribution in [2.24, 2.45) is 0 Å². The maximum Gasteiger partial charge on any atom is 0.264 e. The van der Waals surface area contributed by atoms with Crippen LogP contribution in [0.5, 0.6) is 5.75 Å². The molecular weight excluding hydrogens is 278 g/mol. The Morgan fingerprint density at radius 3 is 2.61 bits per heavy atom. The summed E-state index contributed by atoms with van der Waals surface area (Å²) in [6.45, 7) is 2.33. The molecule has 1 N–H and O–H groups in total. The quantitative estimate of drug-likeness (QED) is 0.830. The Hall–Kier alpha value is -1.27. The number of nitrogens with one attached hydrogen (secondary N) is 1. The van der Waals surface area contributed by atoms with Crippen LogP contribution < -0.4 is 10.1 Å². The summed E-state index contributed by atoms with van der Waals surface area (Å²) in [6.07, 6.45) is 0.0945. The molecule has 0 atom stereocenters. The molecule has 0 bridgehead atoms. The van der Waals surface area contributed by atoms with Crippen molar-refractivity contribution in [1.29, 1.82) is 0 Å². The number of carbonyl (C=O) groups excluding carboxylic acids is 1. The number of amides is 1. The number of hydrogen-bond acceptors (Lipinski definition) is 4. The maximum atomic E-state index is 11.4. The lowest BCUT2D eigenvalue weighted by molar-refractivity contribution is -0.120. The van der Waals surface area contributed by atoms with E-state index in [9.17, 15) is 13.2 Å². The number of rotatable bonds is 5. The minimum atomic E-state index is -3.90. The van der Waals surface area contributed by atoms with Crippen LogP contribution in [-0.4, -0.2) is 28.0 Å². The molecular formula is C11H14ClNO4S. The zero-order valence-electron chi connectivity index (χ0n) is 10.1. The summed E-state index contributed by atoms with van der Waals surface area (Å²) in [5.74, 6) is -0.0229. The van der Waals surface area contributed by atoms with Crippen LogP contribution in [0.1, 0.15) is 12.5 Å². The van der Waals surface area contributed by atoms with E-state index in [4.69, 9.17) is 15.4 Å². The van der Waals surface area contributed by atoms with E-state index >= 15 is 0 Å². The summed E-state index contributed by atoms with van der Waals surface area (Å²) >= 11 is 0. The van der Waals surface area contributed by atoms with Crippen LogP contribution in [0.2, 0.25) is 0 Å². The molecule has 0 radical (unpaired) electrons. The van der Waals surface area contributed by atoms with E-state index in [1.165, 1.54) is 19.2 Å². The fourth-order valence-corrected chi connectivity index (χ4v) is 2.51. The molecule has 7 heteroatoms. The molecule has 0 aliphatic heterocycles. The van der Waals surface area contributed by atoms with Gasteiger partial charge < -0.3 is 10.1 Å². The van der Waals surface area contributed by atoms with Crippen LogP contribution in [0.4, 0.5) is 0 Å². The van der Waals surface area contributed by atoms with Crippen LogP contribution in [0.15, 0.2) is 23.1 Å². The summed E-state index contributed by atoms with van der Waals surface area (Å²) in [5.41, 5.74) is 0.556. The first-order valence-electron chi connectivity index (χ1n) is 5.26. The average molecular weight is 292 g/mol. The highest BCUT2D eigenvalue weighted by molar-refractivity contribution is 8.13. The smallest absolute Gasteiger partial charge is 0.264 e. The number of methoxy groups -OCH3 is 1. The summed E-state index contributed by atoms with van der Waals surface area (Å²) in [4.78, 5) is 11.3. The van der Waals surface area contributed by atoms with Crippen LogP contribution >= 0.6 is 10.7 Å². The number of halogens is 1. The Morgan fingerprint density at radius 1 is 1.44 bits per heavy atom. The molecule has 5 nitrogen and oxygen atoms in total. The normalized spacial score (nSPS) is 11.1. The number of ether oxygens (including phenoxy) is 1. The van der Waals surface area contributed by atoms with E-state index < -0.39 is 9.05 Å². The van der Waals surface area contributed by atoms with Crippen molar-refractivity contribution in [3.05, 3.63) is 23.8 Å². The van der Waals surface area contributed by atoms with Gasteiger partial charge in [0.15, 0.2) is 0 Å². The van der Waals surface area contributed by atoms with Gasteiger partial charge in [-0.25, -0.2) is 8.42 Å². The van der Waals surface area contributed by atoms with E-state index in [0.29, 0.717) is 12.1 Å². The lowest BCUT2D eigenvalue weighted by Gasteiger charge is -2.08. The van der Waals surface area contributed by atoms with Crippen LogP contribution in [0.25, 0.3) is 0 Å². The van der Waals surface area contributed by atoms with E-state index in [1.54, 1.807) is 13.0 Å². The SMILES string of the molecule is CCNC(=O)Cc1ccc(OC)c(S(=O)(=O)Cl)c1. The molecule has 100 valence electrons. The Balaban J connectivity index is 3.08. The minimum Gasteiger partial charge on any atom is -0.495 e. The predicted molar refractivity (Wildman–Crippen MR) is 68.4 cm³/mol. The molecule has 0 saturated heterocycles. The lowest BCUT2D eigenvalue weighted by atomic mass is 10.1. The van der Waals surface area contributed by atoms with Gasteiger partial charge in [0.05, 0.1) is 13.5 Å². The third-order valence-electron chi connectivity index (χ3n) is 2.23. The van der Waals surface area contributed by atoms with Gasteiger partial charge in [-0.3, -0.25) is 4.79 Å². The Bertz CT molecular complexity index is 542. The number of likely N-dealkylation sites (N-methyl/N-ethyl adjacent to an activating group) is 1. The van der Waals surface area contributed by atoms with Gasteiger partial charge in [0.25, 0.3) is 9.05 Å². The van der Waals surface area contributed by atoms with E-state index in [1.807, 2.05) is 0 Å². The molecule has 0 spiro atoms. The van der Waals surface area contributed by atoms with Crippen molar-refractivity contribution in [2.75, 3.05) is 13.7 Å². The highest BCUT2D eigenvalue weighted by atomic mass is 35.7. The highest BCUT2D eigenvalue weighted by Crippen LogP contribution is 2.27. The Labute approximate surface area is 111 Å². The molecule has 0 unspecified atom stereocenters. The number of benzene rings is 1. The third-order valence-corrected chi connectivity index (χ3v) is 3.57. The molecule has 1 aromatic rings. The summed E-state index contributed by atoms with van der Waals surface area (Å²) in [5, 5.41) is 2.63. The first-order chi connectivity index (χ1) is 8.38. The van der Waals surface area contributed by atoms with E-state index in [2.05, 4.69) is 5.32 Å². The second-order valence-corrected chi connectivity index (χ2v) is 6.09. The van der Waals surface area contributed by atoms with Gasteiger partial charge in [-0.05, 0) is 24.6 Å². The zero-order valence-corrected chi connectivity index (χ0v) is 11.6. The molecule has 18 heavy (non-hydrogen) atoms. The second kappa shape index (κ2) is 6.06. The molecule has 1 amide bonds. The van der Waals surface area contributed by atoms with Crippen LogP contribution in [-0.2, 0) is 20.3 Å². The van der Waals surface area contributed by atoms with Crippen LogP contribution in [0.3, 0.4) is 0 Å². The van der Waals surface area contributed by atoms with E-state index in [-0.39, 0.29) is 23.0 Å². The molecule has 1 aromatic carbocycles. The summed E-state index contributed by atoms with van der Waals surface area (Å²) in [6, 6.07) is 4.44. The fourth-order valence-electron chi connectivity index (χ4n) is 1.47.